The molecule has 37 heavy (non-hydrogen) atoms. The summed E-state index contributed by atoms with van der Waals surface area (Å²) in [7, 11) is 3.27. The Labute approximate surface area is 216 Å². The number of methoxy groups -OCH3 is 2. The van der Waals surface area contributed by atoms with E-state index in [4.69, 9.17) is 18.9 Å². The highest BCUT2D eigenvalue weighted by Crippen LogP contribution is 2.37. The largest absolute Gasteiger partial charge is 0.497 e. The number of rotatable bonds is 10. The fourth-order valence-electron chi connectivity index (χ4n) is 5.03. The lowest BCUT2D eigenvalue weighted by Crippen LogP contribution is -2.55. The zero-order valence-corrected chi connectivity index (χ0v) is 21.2. The first-order chi connectivity index (χ1) is 17.9. The van der Waals surface area contributed by atoms with E-state index < -0.39 is 24.2 Å². The Kier molecular flexibility index (Phi) is 8.73. The highest BCUT2D eigenvalue weighted by Gasteiger charge is 2.42. The van der Waals surface area contributed by atoms with Crippen molar-refractivity contribution in [2.24, 2.45) is 0 Å². The van der Waals surface area contributed by atoms with E-state index in [-0.39, 0.29) is 25.5 Å². The standard InChI is InChI=1S/C27H34N2O8/c1-34-12-3-10-28-11-13-36-24-9-4-18(14-22(24)28)17-37-25-16-29(27(32)33)23(26(30)31)15-21(25)19-5-7-20(35-2)8-6-19/h4-9,14,21,23,25H,3,10-13,15-17H2,1-2H3,(H,30,31)(H,32,33)/t21-,23+,25+/m1/s1. The highest BCUT2D eigenvalue weighted by atomic mass is 16.5. The van der Waals surface area contributed by atoms with Gasteiger partial charge in [0.15, 0.2) is 0 Å². The van der Waals surface area contributed by atoms with Crippen LogP contribution < -0.4 is 14.4 Å². The quantitative estimate of drug-likeness (QED) is 0.460. The molecule has 3 atom stereocenters. The lowest BCUT2D eigenvalue weighted by Gasteiger charge is -2.41. The summed E-state index contributed by atoms with van der Waals surface area (Å²) in [4.78, 5) is 27.0. The monoisotopic (exact) mass is 514 g/mol. The van der Waals surface area contributed by atoms with E-state index in [1.165, 1.54) is 0 Å². The van der Waals surface area contributed by atoms with Gasteiger partial charge in [-0.25, -0.2) is 9.59 Å². The first-order valence-electron chi connectivity index (χ1n) is 12.4. The van der Waals surface area contributed by atoms with E-state index in [0.29, 0.717) is 19.0 Å². The number of hydrogen-bond acceptors (Lipinski definition) is 7. The minimum absolute atomic E-state index is 0.0415. The normalized spacial score (nSPS) is 21.2. The van der Waals surface area contributed by atoms with Crippen molar-refractivity contribution in [3.63, 3.8) is 0 Å². The van der Waals surface area contributed by atoms with Gasteiger partial charge in [0.25, 0.3) is 0 Å². The van der Waals surface area contributed by atoms with Gasteiger partial charge >= 0.3 is 12.1 Å². The van der Waals surface area contributed by atoms with E-state index in [0.717, 1.165) is 47.0 Å². The molecule has 1 amide bonds. The maximum Gasteiger partial charge on any atom is 0.408 e. The summed E-state index contributed by atoms with van der Waals surface area (Å²) in [5.74, 6) is 0.0459. The number of benzene rings is 2. The Hall–Kier alpha value is -3.50. The average Bonchev–Trinajstić information content (AvgIpc) is 2.91. The molecule has 0 bridgehead atoms. The van der Waals surface area contributed by atoms with Gasteiger partial charge in [-0.15, -0.1) is 0 Å². The third-order valence-electron chi connectivity index (χ3n) is 6.98. The molecule has 2 heterocycles. The Morgan fingerprint density at radius 1 is 1.11 bits per heavy atom. The summed E-state index contributed by atoms with van der Waals surface area (Å²) in [6.07, 6.45) is -0.779. The second-order valence-corrected chi connectivity index (χ2v) is 9.24. The molecule has 10 heteroatoms. The van der Waals surface area contributed by atoms with Crippen LogP contribution in [-0.2, 0) is 20.9 Å². The van der Waals surface area contributed by atoms with Gasteiger partial charge in [0.1, 0.15) is 24.1 Å². The molecule has 1 saturated heterocycles. The van der Waals surface area contributed by atoms with Crippen molar-refractivity contribution < 1.29 is 38.7 Å². The molecule has 2 N–H and O–H groups in total. The number of ether oxygens (including phenoxy) is 4. The molecular weight excluding hydrogens is 480 g/mol. The molecular formula is C27H34N2O8. The topological polar surface area (TPSA) is 118 Å². The van der Waals surface area contributed by atoms with Crippen molar-refractivity contribution in [3.8, 4) is 11.5 Å². The van der Waals surface area contributed by atoms with Gasteiger partial charge < -0.3 is 34.1 Å². The molecule has 2 aromatic carbocycles. The number of aliphatic carboxylic acids is 1. The van der Waals surface area contributed by atoms with Crippen molar-refractivity contribution in [1.29, 1.82) is 0 Å². The Balaban J connectivity index is 1.54. The summed E-state index contributed by atoms with van der Waals surface area (Å²) < 4.78 is 22.6. The summed E-state index contributed by atoms with van der Waals surface area (Å²) >= 11 is 0. The second-order valence-electron chi connectivity index (χ2n) is 9.24. The lowest BCUT2D eigenvalue weighted by molar-refractivity contribution is -0.146. The van der Waals surface area contributed by atoms with Crippen LogP contribution in [0.25, 0.3) is 0 Å². The number of piperidine rings is 1. The fraction of sp³-hybridized carbons (Fsp3) is 0.481. The maximum absolute atomic E-state index is 11.9. The molecule has 1 fully saturated rings. The van der Waals surface area contributed by atoms with Crippen LogP contribution in [0.5, 0.6) is 11.5 Å². The third-order valence-corrected chi connectivity index (χ3v) is 6.98. The molecule has 0 saturated carbocycles. The Bertz CT molecular complexity index is 1080. The second kappa shape index (κ2) is 12.2. The number of carboxylic acids is 1. The molecule has 0 radical (unpaired) electrons. The summed E-state index contributed by atoms with van der Waals surface area (Å²) in [5.41, 5.74) is 2.80. The lowest BCUT2D eigenvalue weighted by atomic mass is 9.83. The van der Waals surface area contributed by atoms with E-state index in [1.54, 1.807) is 14.2 Å². The molecule has 2 aliphatic rings. The molecule has 0 spiro atoms. The van der Waals surface area contributed by atoms with Crippen LogP contribution in [0.4, 0.5) is 10.5 Å². The van der Waals surface area contributed by atoms with Gasteiger partial charge in [0.2, 0.25) is 0 Å². The number of carbonyl (C=O) groups is 2. The van der Waals surface area contributed by atoms with Crippen LogP contribution in [0, 0.1) is 0 Å². The van der Waals surface area contributed by atoms with Gasteiger partial charge in [-0.05, 0) is 48.2 Å². The number of nitrogens with zero attached hydrogens (tertiary/aromatic N) is 2. The minimum atomic E-state index is -1.27. The van der Waals surface area contributed by atoms with Crippen LogP contribution >= 0.6 is 0 Å². The van der Waals surface area contributed by atoms with Gasteiger partial charge in [-0.3, -0.25) is 4.90 Å². The van der Waals surface area contributed by atoms with Crippen molar-refractivity contribution in [1.82, 2.24) is 4.90 Å². The summed E-state index contributed by atoms with van der Waals surface area (Å²) in [5, 5.41) is 19.4. The number of anilines is 1. The summed E-state index contributed by atoms with van der Waals surface area (Å²) in [6, 6.07) is 12.2. The predicted octanol–water partition coefficient (Wildman–Crippen LogP) is 3.44. The Morgan fingerprint density at radius 3 is 2.57 bits per heavy atom. The van der Waals surface area contributed by atoms with Crippen LogP contribution in [-0.4, -0.2) is 86.4 Å². The number of hydrogen-bond donors (Lipinski definition) is 2. The third kappa shape index (κ3) is 6.26. The van der Waals surface area contributed by atoms with Crippen molar-refractivity contribution in [2.45, 2.75) is 37.5 Å². The SMILES string of the molecule is COCCCN1CCOc2ccc(CO[C@H]3CN(C(=O)O)[C@H](C(=O)O)C[C@@H]3c3ccc(OC)cc3)cc21. The molecule has 200 valence electrons. The fourth-order valence-corrected chi connectivity index (χ4v) is 5.03. The minimum Gasteiger partial charge on any atom is -0.497 e. The number of fused-ring (bicyclic) bond motifs is 1. The highest BCUT2D eigenvalue weighted by molar-refractivity contribution is 5.79. The van der Waals surface area contributed by atoms with Gasteiger partial charge in [0.05, 0.1) is 38.6 Å². The molecule has 2 aromatic rings. The number of carboxylic acid groups (broad SMARTS) is 2. The molecule has 0 aliphatic carbocycles. The van der Waals surface area contributed by atoms with Crippen LogP contribution in [0.15, 0.2) is 42.5 Å². The summed E-state index contributed by atoms with van der Waals surface area (Å²) in [6.45, 7) is 3.15. The zero-order chi connectivity index (χ0) is 26.4. The first-order valence-corrected chi connectivity index (χ1v) is 12.4. The van der Waals surface area contributed by atoms with Crippen LogP contribution in [0.2, 0.25) is 0 Å². The van der Waals surface area contributed by atoms with E-state index in [9.17, 15) is 19.8 Å². The molecule has 4 rings (SSSR count). The van der Waals surface area contributed by atoms with E-state index in [2.05, 4.69) is 4.90 Å². The molecule has 10 nitrogen and oxygen atoms in total. The van der Waals surface area contributed by atoms with Gasteiger partial charge in [-0.1, -0.05) is 18.2 Å². The van der Waals surface area contributed by atoms with Crippen molar-refractivity contribution in [3.05, 3.63) is 53.6 Å². The predicted molar refractivity (Wildman–Crippen MR) is 136 cm³/mol. The number of amides is 1. The van der Waals surface area contributed by atoms with E-state index in [1.807, 2.05) is 42.5 Å². The Morgan fingerprint density at radius 2 is 1.89 bits per heavy atom. The maximum atomic E-state index is 11.9. The van der Waals surface area contributed by atoms with Crippen LogP contribution in [0.3, 0.4) is 0 Å². The van der Waals surface area contributed by atoms with Gasteiger partial charge in [-0.2, -0.15) is 0 Å². The number of likely N-dealkylation sites (tertiary alicyclic amines) is 1. The first kappa shape index (κ1) is 26.6. The average molecular weight is 515 g/mol. The smallest absolute Gasteiger partial charge is 0.408 e. The molecule has 2 aliphatic heterocycles. The van der Waals surface area contributed by atoms with Crippen molar-refractivity contribution in [2.75, 3.05) is 52.0 Å². The molecule has 0 unspecified atom stereocenters. The zero-order valence-electron chi connectivity index (χ0n) is 21.2. The molecule has 0 aromatic heterocycles. The van der Waals surface area contributed by atoms with Crippen molar-refractivity contribution >= 4 is 17.7 Å². The van der Waals surface area contributed by atoms with Gasteiger partial charge in [0, 0.05) is 26.2 Å². The van der Waals surface area contributed by atoms with Crippen LogP contribution in [0.1, 0.15) is 29.9 Å². The van der Waals surface area contributed by atoms with E-state index >= 15 is 0 Å².